The van der Waals surface area contributed by atoms with E-state index in [1.54, 1.807) is 11.3 Å². The van der Waals surface area contributed by atoms with E-state index in [4.69, 9.17) is 0 Å². The molecule has 0 fully saturated rings. The van der Waals surface area contributed by atoms with Crippen LogP contribution in [0.15, 0.2) is 30.3 Å². The van der Waals surface area contributed by atoms with Crippen LogP contribution >= 0.6 is 24.2 Å². The zero-order valence-electron chi connectivity index (χ0n) is 5.74. The molecule has 1 nitrogen and oxygen atoms in total. The molecular formula is C8H7NS2. The molecule has 0 amide bonds. The van der Waals surface area contributed by atoms with Crippen LogP contribution in [-0.4, -0.2) is 0 Å². The highest BCUT2D eigenvalue weighted by Gasteiger charge is 1.96. The summed E-state index contributed by atoms with van der Waals surface area (Å²) < 4.78 is 4.12. The number of hydrogen-bond acceptors (Lipinski definition) is 3. The van der Waals surface area contributed by atoms with Gasteiger partial charge in [0.05, 0.1) is 5.00 Å². The summed E-state index contributed by atoms with van der Waals surface area (Å²) in [5.74, 6) is 0. The summed E-state index contributed by atoms with van der Waals surface area (Å²) in [5, 5.41) is 2.36. The number of nitrogens with one attached hydrogen (secondary N) is 1. The van der Waals surface area contributed by atoms with Crippen molar-refractivity contribution in [1.82, 2.24) is 0 Å². The minimum atomic E-state index is 1.09. The van der Waals surface area contributed by atoms with Gasteiger partial charge >= 0.3 is 0 Å². The molecule has 0 aliphatic heterocycles. The van der Waals surface area contributed by atoms with E-state index in [1.807, 2.05) is 12.1 Å². The zero-order valence-corrected chi connectivity index (χ0v) is 7.45. The van der Waals surface area contributed by atoms with Gasteiger partial charge in [-0.2, -0.15) is 0 Å². The van der Waals surface area contributed by atoms with Crippen LogP contribution in [0.3, 0.4) is 0 Å². The van der Waals surface area contributed by atoms with Gasteiger partial charge in [-0.1, -0.05) is 31.0 Å². The Morgan fingerprint density at radius 1 is 1.27 bits per heavy atom. The Bertz CT molecular complexity index is 334. The quantitative estimate of drug-likeness (QED) is 0.644. The molecule has 3 heteroatoms. The van der Waals surface area contributed by atoms with Crippen LogP contribution in [0.2, 0.25) is 0 Å². The van der Waals surface area contributed by atoms with Crippen LogP contribution in [0.5, 0.6) is 0 Å². The van der Waals surface area contributed by atoms with E-state index >= 15 is 0 Å². The molecule has 0 unspecified atom stereocenters. The third-order valence-electron chi connectivity index (χ3n) is 1.54. The second kappa shape index (κ2) is 2.75. The summed E-state index contributed by atoms with van der Waals surface area (Å²) in [6.07, 6.45) is 0. The van der Waals surface area contributed by atoms with Gasteiger partial charge in [0.15, 0.2) is 0 Å². The lowest BCUT2D eigenvalue weighted by Gasteiger charge is -1.85. The number of fused-ring (bicyclic) bond motifs is 1. The standard InChI is InChI=1S/C8H7NS2/c10-9-8-5-6-3-1-2-4-7(6)11-8/h1-5,9-10H. The van der Waals surface area contributed by atoms with Gasteiger partial charge in [0.2, 0.25) is 0 Å². The molecule has 0 aliphatic rings. The van der Waals surface area contributed by atoms with Gasteiger partial charge in [-0.3, -0.25) is 0 Å². The maximum Gasteiger partial charge on any atom is 0.0992 e. The number of anilines is 1. The van der Waals surface area contributed by atoms with Gasteiger partial charge in [0, 0.05) is 4.70 Å². The zero-order chi connectivity index (χ0) is 7.68. The first-order chi connectivity index (χ1) is 5.40. The van der Waals surface area contributed by atoms with Crippen LogP contribution in [-0.2, 0) is 0 Å². The highest BCUT2D eigenvalue weighted by molar-refractivity contribution is 7.82. The maximum absolute atomic E-state index is 3.98. The molecule has 0 saturated heterocycles. The van der Waals surface area contributed by atoms with Crippen molar-refractivity contribution >= 4 is 39.2 Å². The largest absolute Gasteiger partial charge is 0.324 e. The molecule has 2 rings (SSSR count). The van der Waals surface area contributed by atoms with Crippen LogP contribution in [0, 0.1) is 0 Å². The van der Waals surface area contributed by atoms with Crippen LogP contribution in [0.25, 0.3) is 10.1 Å². The van der Waals surface area contributed by atoms with Crippen molar-refractivity contribution in [3.8, 4) is 0 Å². The monoisotopic (exact) mass is 181 g/mol. The van der Waals surface area contributed by atoms with E-state index in [-0.39, 0.29) is 0 Å². The summed E-state index contributed by atoms with van der Waals surface area (Å²) >= 11 is 5.69. The van der Waals surface area contributed by atoms with Gasteiger partial charge in [-0.25, -0.2) is 0 Å². The first-order valence-corrected chi connectivity index (χ1v) is 4.55. The first kappa shape index (κ1) is 7.00. The number of hydrogen-bond donors (Lipinski definition) is 2. The van der Waals surface area contributed by atoms with Crippen molar-refractivity contribution in [2.45, 2.75) is 0 Å². The fourth-order valence-electron chi connectivity index (χ4n) is 1.04. The Balaban J connectivity index is 2.69. The van der Waals surface area contributed by atoms with E-state index in [9.17, 15) is 0 Å². The van der Waals surface area contributed by atoms with Crippen molar-refractivity contribution < 1.29 is 0 Å². The van der Waals surface area contributed by atoms with Crippen molar-refractivity contribution in [3.05, 3.63) is 30.3 Å². The predicted octanol–water partition coefficient (Wildman–Crippen LogP) is 3.16. The van der Waals surface area contributed by atoms with E-state index in [0.717, 1.165) is 5.00 Å². The maximum atomic E-state index is 3.98. The topological polar surface area (TPSA) is 12.0 Å². The second-order valence-electron chi connectivity index (χ2n) is 2.26. The van der Waals surface area contributed by atoms with Crippen molar-refractivity contribution in [1.29, 1.82) is 0 Å². The van der Waals surface area contributed by atoms with Gasteiger partial charge in [-0.15, -0.1) is 11.3 Å². The Hall–Kier alpha value is -0.670. The molecule has 1 aromatic carbocycles. The molecule has 0 saturated carbocycles. The van der Waals surface area contributed by atoms with Crippen LogP contribution in [0.4, 0.5) is 5.00 Å². The van der Waals surface area contributed by atoms with E-state index in [1.165, 1.54) is 10.1 Å². The Labute approximate surface area is 74.6 Å². The molecule has 11 heavy (non-hydrogen) atoms. The van der Waals surface area contributed by atoms with Crippen molar-refractivity contribution in [2.24, 2.45) is 0 Å². The lowest BCUT2D eigenvalue weighted by Crippen LogP contribution is -1.68. The number of thiophene rings is 1. The average Bonchev–Trinajstić information content (AvgIpc) is 2.46. The summed E-state index contributed by atoms with van der Waals surface area (Å²) in [5.41, 5.74) is 0. The Morgan fingerprint density at radius 3 is 2.82 bits per heavy atom. The third-order valence-corrected chi connectivity index (χ3v) is 2.96. The van der Waals surface area contributed by atoms with Crippen LogP contribution < -0.4 is 4.72 Å². The molecule has 0 spiro atoms. The Morgan fingerprint density at radius 2 is 2.09 bits per heavy atom. The highest BCUT2D eigenvalue weighted by Crippen LogP contribution is 2.29. The van der Waals surface area contributed by atoms with Crippen molar-refractivity contribution in [3.63, 3.8) is 0 Å². The van der Waals surface area contributed by atoms with Crippen LogP contribution in [0.1, 0.15) is 0 Å². The molecule has 1 aromatic heterocycles. The first-order valence-electron chi connectivity index (χ1n) is 3.29. The Kier molecular flexibility index (Phi) is 1.75. The second-order valence-corrected chi connectivity index (χ2v) is 3.57. The smallest absolute Gasteiger partial charge is 0.0992 e. The number of thiol groups is 1. The van der Waals surface area contributed by atoms with Crippen molar-refractivity contribution in [2.75, 3.05) is 4.72 Å². The van der Waals surface area contributed by atoms with E-state index in [2.05, 4.69) is 35.7 Å². The van der Waals surface area contributed by atoms with E-state index < -0.39 is 0 Å². The predicted molar refractivity (Wildman–Crippen MR) is 54.4 cm³/mol. The summed E-state index contributed by atoms with van der Waals surface area (Å²) in [6, 6.07) is 10.4. The fraction of sp³-hybridized carbons (Fsp3) is 0. The minimum Gasteiger partial charge on any atom is -0.324 e. The van der Waals surface area contributed by atoms with Gasteiger partial charge in [0.1, 0.15) is 0 Å². The van der Waals surface area contributed by atoms with Gasteiger partial charge in [0.25, 0.3) is 0 Å². The van der Waals surface area contributed by atoms with Gasteiger partial charge in [-0.05, 0) is 17.5 Å². The number of rotatable bonds is 1. The SMILES string of the molecule is SNc1cc2ccccc2s1. The summed E-state index contributed by atoms with van der Waals surface area (Å²) in [6.45, 7) is 0. The molecule has 56 valence electrons. The molecule has 0 aliphatic carbocycles. The fourth-order valence-corrected chi connectivity index (χ4v) is 2.10. The molecule has 2 aromatic rings. The molecule has 0 bridgehead atoms. The lowest BCUT2D eigenvalue weighted by molar-refractivity contribution is 1.85. The van der Waals surface area contributed by atoms with Gasteiger partial charge < -0.3 is 4.72 Å². The normalized spacial score (nSPS) is 10.3. The minimum absolute atomic E-state index is 1.09. The number of benzene rings is 1. The molecule has 0 atom stereocenters. The molecule has 1 N–H and O–H groups in total. The molecule has 1 heterocycles. The molecular weight excluding hydrogens is 174 g/mol. The van der Waals surface area contributed by atoms with E-state index in [0.29, 0.717) is 0 Å². The molecule has 0 radical (unpaired) electrons. The highest BCUT2D eigenvalue weighted by atomic mass is 32.1. The average molecular weight is 181 g/mol. The summed E-state index contributed by atoms with van der Waals surface area (Å²) in [4.78, 5) is 0. The third kappa shape index (κ3) is 1.21. The summed E-state index contributed by atoms with van der Waals surface area (Å²) in [7, 11) is 0. The lowest BCUT2D eigenvalue weighted by atomic mass is 10.3.